The number of hydrogen-bond donors (Lipinski definition) is 0. The minimum Gasteiger partial charge on any atom is -0.495 e. The number of benzene rings is 2. The Morgan fingerprint density at radius 2 is 1.63 bits per heavy atom. The summed E-state index contributed by atoms with van der Waals surface area (Å²) in [7, 11) is 1.67. The number of Topliss-reactive ketones (excluding diaryl/α,β-unsaturated/α-hetero) is 1. The molecule has 1 heterocycles. The Morgan fingerprint density at radius 3 is 2.15 bits per heavy atom. The van der Waals surface area contributed by atoms with Crippen molar-refractivity contribution in [3.05, 3.63) is 104 Å². The number of rotatable bonds is 16. The summed E-state index contributed by atoms with van der Waals surface area (Å²) < 4.78 is 12.2. The van der Waals surface area contributed by atoms with E-state index in [-0.39, 0.29) is 12.4 Å². The molecule has 0 atom stereocenters. The fourth-order valence-corrected chi connectivity index (χ4v) is 5.95. The minimum absolute atomic E-state index is 0.127. The molecule has 304 valence electrons. The number of hydrogen-bond acceptors (Lipinski definition) is 5. The van der Waals surface area contributed by atoms with Crippen LogP contribution in [0, 0.1) is 12.8 Å². The van der Waals surface area contributed by atoms with Crippen molar-refractivity contribution in [1.29, 1.82) is 0 Å². The van der Waals surface area contributed by atoms with E-state index in [1.807, 2.05) is 45.9 Å². The Balaban J connectivity index is 0. The maximum absolute atomic E-state index is 12.0. The monoisotopic (exact) mass is 829 g/mol. The second-order valence-corrected chi connectivity index (χ2v) is 14.4. The van der Waals surface area contributed by atoms with Crippen molar-refractivity contribution in [2.75, 3.05) is 13.7 Å². The van der Waals surface area contributed by atoms with E-state index < -0.39 is 0 Å². The van der Waals surface area contributed by atoms with Gasteiger partial charge in [-0.05, 0) is 93.9 Å². The molecule has 1 aliphatic rings. The number of aryl methyl sites for hydroxylation is 2. The van der Waals surface area contributed by atoms with Crippen LogP contribution in [0.1, 0.15) is 144 Å². The van der Waals surface area contributed by atoms with E-state index in [0.717, 1.165) is 89.3 Å². The number of unbranched alkanes of at least 4 members (excludes halogenated alkanes) is 1. The second kappa shape index (κ2) is 33.3. The third-order valence-corrected chi connectivity index (χ3v) is 9.07. The molecule has 7 heteroatoms. The van der Waals surface area contributed by atoms with Crippen molar-refractivity contribution < 1.29 is 19.1 Å². The summed E-state index contributed by atoms with van der Waals surface area (Å²) in [5.41, 5.74) is 7.14. The molecule has 54 heavy (non-hydrogen) atoms. The zero-order valence-electron chi connectivity index (χ0n) is 36.0. The van der Waals surface area contributed by atoms with Crippen LogP contribution in [0.25, 0.3) is 0 Å². The fraction of sp³-hybridized carbons (Fsp3) is 0.532. The van der Waals surface area contributed by atoms with Gasteiger partial charge in [-0.25, -0.2) is 0 Å². The van der Waals surface area contributed by atoms with Gasteiger partial charge in [0.1, 0.15) is 24.4 Å². The zero-order chi connectivity index (χ0) is 41.5. The number of carbonyl (C=O) groups excluding carboxylic acids is 2. The lowest BCUT2D eigenvalue weighted by Gasteiger charge is -2.29. The molecule has 3 rings (SSSR count). The van der Waals surface area contributed by atoms with E-state index in [1.54, 1.807) is 7.11 Å². The van der Waals surface area contributed by atoms with E-state index in [9.17, 15) is 4.79 Å². The molecule has 1 aliphatic heterocycles. The SMILES string of the molecule is CC.CC=O.CCC/C=C1\C=CC=CN1/C(Cc1cc(Br)ccc1OCC(=O)CCC)=C(\C)CC.CCCC(C)C.CCCc1ccc(C)c(Cl)c1OC. The molecule has 0 fully saturated rings. The second-order valence-electron chi connectivity index (χ2n) is 13.1. The number of aldehydes is 1. The molecule has 0 radical (unpaired) electrons. The van der Waals surface area contributed by atoms with E-state index in [0.29, 0.717) is 6.42 Å². The van der Waals surface area contributed by atoms with Crippen LogP contribution >= 0.6 is 27.5 Å². The van der Waals surface area contributed by atoms with Crippen molar-refractivity contribution in [1.82, 2.24) is 4.90 Å². The number of ketones is 1. The summed E-state index contributed by atoms with van der Waals surface area (Å²) in [5.74, 6) is 2.65. The molecule has 0 aromatic heterocycles. The molecule has 0 unspecified atom stereocenters. The maximum atomic E-state index is 12.0. The summed E-state index contributed by atoms with van der Waals surface area (Å²) in [6, 6.07) is 10.1. The van der Waals surface area contributed by atoms with E-state index in [4.69, 9.17) is 25.9 Å². The molecule has 0 N–H and O–H groups in total. The zero-order valence-corrected chi connectivity index (χ0v) is 38.4. The van der Waals surface area contributed by atoms with Crippen LogP contribution < -0.4 is 9.47 Å². The summed E-state index contributed by atoms with van der Waals surface area (Å²) >= 11 is 9.71. The molecule has 0 aliphatic carbocycles. The number of allylic oxidation sites excluding steroid dienone is 6. The van der Waals surface area contributed by atoms with Gasteiger partial charge in [-0.2, -0.15) is 0 Å². The first kappa shape index (κ1) is 53.0. The van der Waals surface area contributed by atoms with Gasteiger partial charge in [0.2, 0.25) is 0 Å². The summed E-state index contributed by atoms with van der Waals surface area (Å²) in [6.45, 7) is 25.0. The Labute approximate surface area is 344 Å². The van der Waals surface area contributed by atoms with Gasteiger partial charge in [0.25, 0.3) is 0 Å². The third-order valence-electron chi connectivity index (χ3n) is 8.11. The molecule has 0 amide bonds. The number of halogens is 2. The van der Waals surface area contributed by atoms with Crippen LogP contribution in [-0.4, -0.2) is 30.7 Å². The standard InChI is InChI=1S/C26H34BrNO2.C11H15ClO.C6H14.C2H4O.C2H6/c1-5-8-12-23-13-9-10-16-28(23)25(20(4)7-3)18-21-17-22(27)14-15-26(21)30-19-24(29)11-6-2;1-4-5-9-7-6-8(2)10(12)11(9)13-3;1-4-5-6(2)3;1-2-3;1-2/h9-10,12-17H,5-8,11,18-19H2,1-4H3;6-7H,4-5H2,1-3H3;6H,4-5H2,1-3H3;2H,1H3;1-2H3/b23-12+,25-20+;;;;. The molecule has 0 bridgehead atoms. The smallest absolute Gasteiger partial charge is 0.170 e. The maximum Gasteiger partial charge on any atom is 0.170 e. The predicted molar refractivity (Wildman–Crippen MR) is 239 cm³/mol. The summed E-state index contributed by atoms with van der Waals surface area (Å²) in [4.78, 5) is 23.1. The number of ether oxygens (including phenoxy) is 2. The Kier molecular flexibility index (Phi) is 32.7. The van der Waals surface area contributed by atoms with Crippen LogP contribution in [-0.2, 0) is 22.4 Å². The van der Waals surface area contributed by atoms with Crippen molar-refractivity contribution in [2.24, 2.45) is 5.92 Å². The van der Waals surface area contributed by atoms with Crippen molar-refractivity contribution in [3.8, 4) is 11.5 Å². The lowest BCUT2D eigenvalue weighted by atomic mass is 10.0. The van der Waals surface area contributed by atoms with Gasteiger partial charge in [0.05, 0.1) is 12.1 Å². The van der Waals surface area contributed by atoms with Crippen LogP contribution in [0.4, 0.5) is 0 Å². The molecule has 2 aromatic carbocycles. The average Bonchev–Trinajstić information content (AvgIpc) is 3.16. The van der Waals surface area contributed by atoms with Crippen LogP contribution in [0.3, 0.4) is 0 Å². The number of nitrogens with zero attached hydrogens (tertiary/aromatic N) is 1. The normalized spacial score (nSPS) is 12.5. The average molecular weight is 831 g/mol. The van der Waals surface area contributed by atoms with Crippen molar-refractivity contribution >= 4 is 39.6 Å². The first-order valence-electron chi connectivity index (χ1n) is 20.1. The topological polar surface area (TPSA) is 55.8 Å². The van der Waals surface area contributed by atoms with Crippen LogP contribution in [0.2, 0.25) is 5.02 Å². The minimum atomic E-state index is 0.127. The van der Waals surface area contributed by atoms with Gasteiger partial charge < -0.3 is 19.2 Å². The van der Waals surface area contributed by atoms with Crippen molar-refractivity contribution in [2.45, 2.75) is 147 Å². The molecule has 5 nitrogen and oxygen atoms in total. The van der Waals surface area contributed by atoms with Gasteiger partial charge >= 0.3 is 0 Å². The van der Waals surface area contributed by atoms with Crippen LogP contribution in [0.5, 0.6) is 11.5 Å². The first-order valence-corrected chi connectivity index (χ1v) is 21.2. The molecule has 2 aromatic rings. The predicted octanol–water partition coefficient (Wildman–Crippen LogP) is 14.8. The third kappa shape index (κ3) is 21.7. The lowest BCUT2D eigenvalue weighted by Crippen LogP contribution is -2.20. The first-order chi connectivity index (χ1) is 25.9. The molecule has 0 spiro atoms. The van der Waals surface area contributed by atoms with Gasteiger partial charge in [0.15, 0.2) is 5.78 Å². The van der Waals surface area contributed by atoms with E-state index >= 15 is 0 Å². The number of methoxy groups -OCH3 is 1. The molecular formula is C47H73BrClNO4. The summed E-state index contributed by atoms with van der Waals surface area (Å²) in [6.07, 6.45) is 21.6. The fourth-order valence-electron chi connectivity index (χ4n) is 5.28. The van der Waals surface area contributed by atoms with Crippen LogP contribution in [0.15, 0.2) is 82.3 Å². The van der Waals surface area contributed by atoms with Gasteiger partial charge in [0, 0.05) is 40.5 Å². The molecular weight excluding hydrogens is 758 g/mol. The largest absolute Gasteiger partial charge is 0.495 e. The highest BCUT2D eigenvalue weighted by molar-refractivity contribution is 9.10. The van der Waals surface area contributed by atoms with E-state index in [2.05, 4.69) is 112 Å². The highest BCUT2D eigenvalue weighted by atomic mass is 79.9. The molecule has 0 saturated carbocycles. The highest BCUT2D eigenvalue weighted by Gasteiger charge is 2.18. The van der Waals surface area contributed by atoms with E-state index in [1.165, 1.54) is 42.3 Å². The lowest BCUT2D eigenvalue weighted by molar-refractivity contribution is -0.121. The molecule has 0 saturated heterocycles. The van der Waals surface area contributed by atoms with Gasteiger partial charge in [-0.15, -0.1) is 0 Å². The van der Waals surface area contributed by atoms with Gasteiger partial charge in [-0.1, -0.05) is 145 Å². The Bertz CT molecular complexity index is 1460. The Morgan fingerprint density at radius 1 is 0.963 bits per heavy atom. The van der Waals surface area contributed by atoms with Gasteiger partial charge in [-0.3, -0.25) is 4.79 Å². The number of carbonyl (C=O) groups is 2. The quantitative estimate of drug-likeness (QED) is 0.158. The summed E-state index contributed by atoms with van der Waals surface area (Å²) in [5, 5.41) is 0.744. The van der Waals surface area contributed by atoms with Crippen molar-refractivity contribution in [3.63, 3.8) is 0 Å². The Hall–Kier alpha value is -3.09. The highest BCUT2D eigenvalue weighted by Crippen LogP contribution is 2.33.